The van der Waals surface area contributed by atoms with Gasteiger partial charge < -0.3 is 10.6 Å². The van der Waals surface area contributed by atoms with E-state index in [2.05, 4.69) is 44.8 Å². The Balaban J connectivity index is 2.17. The van der Waals surface area contributed by atoms with E-state index in [1.807, 2.05) is 20.0 Å². The number of hydrogen-bond donors (Lipinski definition) is 2. The van der Waals surface area contributed by atoms with Crippen molar-refractivity contribution in [2.75, 3.05) is 17.7 Å². The van der Waals surface area contributed by atoms with E-state index in [-0.39, 0.29) is 6.04 Å². The minimum absolute atomic E-state index is 0.141. The fraction of sp³-hybridized carbons (Fsp3) is 0.500. The molecular formula is C14H21N5S. The number of rotatable bonds is 6. The number of hydrogen-bond acceptors (Lipinski definition) is 6. The third-order valence-corrected chi connectivity index (χ3v) is 4.02. The molecule has 108 valence electrons. The Hall–Kier alpha value is -1.69. The Morgan fingerprint density at radius 1 is 1.25 bits per heavy atom. The fourth-order valence-corrected chi connectivity index (χ4v) is 2.69. The minimum atomic E-state index is 0.141. The fourth-order valence-electron chi connectivity index (χ4n) is 1.89. The maximum Gasteiger partial charge on any atom is 0.133 e. The predicted molar refractivity (Wildman–Crippen MR) is 84.5 cm³/mol. The average Bonchev–Trinajstić information content (AvgIpc) is 2.85. The molecule has 0 aromatic carbocycles. The van der Waals surface area contributed by atoms with Crippen molar-refractivity contribution in [3.63, 3.8) is 0 Å². The maximum absolute atomic E-state index is 4.56. The van der Waals surface area contributed by atoms with Crippen LogP contribution in [0.1, 0.15) is 42.8 Å². The summed E-state index contributed by atoms with van der Waals surface area (Å²) in [6.07, 6.45) is 1.92. The standard InChI is InChI=1S/C14H21N5S/c1-5-6-11-18-12(15-4)7-13(19-11)17-10(3)14-16-9(2)8-20-14/h7-8,10H,5-6H2,1-4H3,(H2,15,17,18,19). The molecule has 1 atom stereocenters. The van der Waals surface area contributed by atoms with Crippen LogP contribution in [0.25, 0.3) is 0 Å². The van der Waals surface area contributed by atoms with Crippen LogP contribution in [-0.4, -0.2) is 22.0 Å². The molecule has 0 aliphatic rings. The third-order valence-electron chi connectivity index (χ3n) is 2.87. The van der Waals surface area contributed by atoms with Crippen molar-refractivity contribution < 1.29 is 0 Å². The second kappa shape index (κ2) is 6.65. The van der Waals surface area contributed by atoms with Gasteiger partial charge in [0.15, 0.2) is 0 Å². The van der Waals surface area contributed by atoms with E-state index >= 15 is 0 Å². The van der Waals surface area contributed by atoms with Gasteiger partial charge in [-0.25, -0.2) is 15.0 Å². The molecule has 0 saturated heterocycles. The zero-order chi connectivity index (χ0) is 14.5. The summed E-state index contributed by atoms with van der Waals surface area (Å²) in [4.78, 5) is 13.5. The molecule has 2 aromatic heterocycles. The van der Waals surface area contributed by atoms with Crippen molar-refractivity contribution >= 4 is 23.0 Å². The summed E-state index contributed by atoms with van der Waals surface area (Å²) < 4.78 is 0. The van der Waals surface area contributed by atoms with Crippen LogP contribution in [0.2, 0.25) is 0 Å². The van der Waals surface area contributed by atoms with Gasteiger partial charge in [0.1, 0.15) is 22.5 Å². The van der Waals surface area contributed by atoms with Crippen molar-refractivity contribution in [1.82, 2.24) is 15.0 Å². The van der Waals surface area contributed by atoms with Crippen molar-refractivity contribution in [3.05, 3.63) is 28.0 Å². The van der Waals surface area contributed by atoms with Crippen LogP contribution in [0.5, 0.6) is 0 Å². The van der Waals surface area contributed by atoms with Gasteiger partial charge in [0.05, 0.1) is 6.04 Å². The summed E-state index contributed by atoms with van der Waals surface area (Å²) in [6, 6.07) is 2.07. The van der Waals surface area contributed by atoms with E-state index < -0.39 is 0 Å². The van der Waals surface area contributed by atoms with E-state index in [0.717, 1.165) is 41.0 Å². The lowest BCUT2D eigenvalue weighted by atomic mass is 10.3. The lowest BCUT2D eigenvalue weighted by Crippen LogP contribution is -2.10. The minimum Gasteiger partial charge on any atom is -0.373 e. The summed E-state index contributed by atoms with van der Waals surface area (Å²) in [6.45, 7) is 6.23. The highest BCUT2D eigenvalue weighted by molar-refractivity contribution is 7.09. The van der Waals surface area contributed by atoms with Gasteiger partial charge in [0, 0.05) is 30.6 Å². The van der Waals surface area contributed by atoms with Gasteiger partial charge in [-0.2, -0.15) is 0 Å². The molecule has 0 aliphatic carbocycles. The molecule has 0 saturated carbocycles. The number of aryl methyl sites for hydroxylation is 2. The number of thiazole rings is 1. The highest BCUT2D eigenvalue weighted by Gasteiger charge is 2.11. The van der Waals surface area contributed by atoms with E-state index in [1.54, 1.807) is 11.3 Å². The van der Waals surface area contributed by atoms with Crippen LogP contribution < -0.4 is 10.6 Å². The smallest absolute Gasteiger partial charge is 0.133 e. The summed E-state index contributed by atoms with van der Waals surface area (Å²) in [5.74, 6) is 2.55. The summed E-state index contributed by atoms with van der Waals surface area (Å²) in [7, 11) is 1.87. The molecule has 0 radical (unpaired) electrons. The Kier molecular flexibility index (Phi) is 4.89. The molecule has 20 heavy (non-hydrogen) atoms. The van der Waals surface area contributed by atoms with Crippen molar-refractivity contribution in [2.24, 2.45) is 0 Å². The van der Waals surface area contributed by atoms with Gasteiger partial charge in [-0.15, -0.1) is 11.3 Å². The Morgan fingerprint density at radius 2 is 2.00 bits per heavy atom. The molecule has 2 N–H and O–H groups in total. The van der Waals surface area contributed by atoms with Gasteiger partial charge in [0.2, 0.25) is 0 Å². The van der Waals surface area contributed by atoms with E-state index in [4.69, 9.17) is 0 Å². The first kappa shape index (κ1) is 14.7. The van der Waals surface area contributed by atoms with Crippen molar-refractivity contribution in [1.29, 1.82) is 0 Å². The molecule has 2 aromatic rings. The molecule has 1 unspecified atom stereocenters. The van der Waals surface area contributed by atoms with Crippen LogP contribution in [0.3, 0.4) is 0 Å². The van der Waals surface area contributed by atoms with Gasteiger partial charge in [0.25, 0.3) is 0 Å². The van der Waals surface area contributed by atoms with E-state index in [0.29, 0.717) is 0 Å². The molecule has 2 rings (SSSR count). The van der Waals surface area contributed by atoms with Crippen LogP contribution in [0.4, 0.5) is 11.6 Å². The first-order chi connectivity index (χ1) is 9.62. The summed E-state index contributed by atoms with van der Waals surface area (Å²) in [5, 5.41) is 9.62. The molecule has 0 amide bonds. The van der Waals surface area contributed by atoms with Gasteiger partial charge in [-0.1, -0.05) is 6.92 Å². The predicted octanol–water partition coefficient (Wildman–Crippen LogP) is 3.41. The number of aromatic nitrogens is 3. The maximum atomic E-state index is 4.56. The molecule has 6 heteroatoms. The zero-order valence-electron chi connectivity index (χ0n) is 12.4. The second-order valence-corrected chi connectivity index (χ2v) is 5.64. The monoisotopic (exact) mass is 291 g/mol. The molecule has 5 nitrogen and oxygen atoms in total. The molecular weight excluding hydrogens is 270 g/mol. The summed E-state index contributed by atoms with van der Waals surface area (Å²) >= 11 is 1.67. The first-order valence-corrected chi connectivity index (χ1v) is 7.74. The molecule has 0 spiro atoms. The first-order valence-electron chi connectivity index (χ1n) is 6.86. The highest BCUT2D eigenvalue weighted by Crippen LogP contribution is 2.22. The summed E-state index contributed by atoms with van der Waals surface area (Å²) in [5.41, 5.74) is 1.06. The van der Waals surface area contributed by atoms with Crippen LogP contribution in [-0.2, 0) is 6.42 Å². The largest absolute Gasteiger partial charge is 0.373 e. The van der Waals surface area contributed by atoms with Gasteiger partial charge >= 0.3 is 0 Å². The normalized spacial score (nSPS) is 12.2. The van der Waals surface area contributed by atoms with Crippen LogP contribution >= 0.6 is 11.3 Å². The second-order valence-electron chi connectivity index (χ2n) is 4.75. The number of anilines is 2. The highest BCUT2D eigenvalue weighted by atomic mass is 32.1. The quantitative estimate of drug-likeness (QED) is 0.854. The number of nitrogens with zero attached hydrogens (tertiary/aromatic N) is 3. The van der Waals surface area contributed by atoms with Crippen LogP contribution in [0, 0.1) is 6.92 Å². The van der Waals surface area contributed by atoms with Gasteiger partial charge in [-0.3, -0.25) is 0 Å². The van der Waals surface area contributed by atoms with Crippen molar-refractivity contribution in [3.8, 4) is 0 Å². The average molecular weight is 291 g/mol. The van der Waals surface area contributed by atoms with Crippen molar-refractivity contribution in [2.45, 2.75) is 39.7 Å². The zero-order valence-corrected chi connectivity index (χ0v) is 13.2. The SMILES string of the molecule is CCCc1nc(NC)cc(NC(C)c2nc(C)cs2)n1. The molecule has 0 aliphatic heterocycles. The number of nitrogens with one attached hydrogen (secondary N) is 2. The van der Waals surface area contributed by atoms with Crippen LogP contribution in [0.15, 0.2) is 11.4 Å². The molecule has 2 heterocycles. The Bertz CT molecular complexity index is 566. The lowest BCUT2D eigenvalue weighted by Gasteiger charge is -2.14. The topological polar surface area (TPSA) is 62.7 Å². The Labute approximate surface area is 123 Å². The van der Waals surface area contributed by atoms with E-state index in [1.165, 1.54) is 0 Å². The Morgan fingerprint density at radius 3 is 2.60 bits per heavy atom. The lowest BCUT2D eigenvalue weighted by molar-refractivity contribution is 0.815. The third kappa shape index (κ3) is 3.66. The molecule has 0 fully saturated rings. The van der Waals surface area contributed by atoms with Gasteiger partial charge in [-0.05, 0) is 20.3 Å². The van der Waals surface area contributed by atoms with E-state index in [9.17, 15) is 0 Å². The molecule has 0 bridgehead atoms.